The summed E-state index contributed by atoms with van der Waals surface area (Å²) in [7, 11) is 0. The van der Waals surface area contributed by atoms with Crippen LogP contribution in [0, 0.1) is 5.92 Å². The average Bonchev–Trinajstić information content (AvgIpc) is 2.67. The smallest absolute Gasteiger partial charge is 0.335 e. The molecule has 0 atom stereocenters. The molecule has 1 fully saturated rings. The minimum Gasteiger partial charge on any atom is -0.478 e. The quantitative estimate of drug-likeness (QED) is 0.862. The number of hydrogen-bond donors (Lipinski definition) is 2. The molecular weight excluding hydrogens is 330 g/mol. The van der Waals surface area contributed by atoms with Crippen LogP contribution in [0.15, 0.2) is 42.6 Å². The van der Waals surface area contributed by atoms with E-state index in [1.165, 1.54) is 0 Å². The van der Waals surface area contributed by atoms with Crippen LogP contribution in [0.4, 0.5) is 5.82 Å². The first-order chi connectivity index (χ1) is 12.5. The highest BCUT2D eigenvalue weighted by atomic mass is 16.4. The Morgan fingerprint density at radius 2 is 1.77 bits per heavy atom. The van der Waals surface area contributed by atoms with Crippen molar-refractivity contribution in [2.24, 2.45) is 5.92 Å². The van der Waals surface area contributed by atoms with Crippen LogP contribution in [-0.4, -0.2) is 40.0 Å². The molecule has 1 saturated heterocycles. The van der Waals surface area contributed by atoms with Crippen molar-refractivity contribution in [1.29, 1.82) is 0 Å². The number of carboxylic acid groups (broad SMARTS) is 1. The molecule has 2 aromatic rings. The summed E-state index contributed by atoms with van der Waals surface area (Å²) in [4.78, 5) is 29.6. The van der Waals surface area contributed by atoms with E-state index in [0.717, 1.165) is 31.5 Å². The highest BCUT2D eigenvalue weighted by Crippen LogP contribution is 2.18. The van der Waals surface area contributed by atoms with E-state index in [0.29, 0.717) is 23.8 Å². The van der Waals surface area contributed by atoms with Gasteiger partial charge in [-0.25, -0.2) is 9.78 Å². The third kappa shape index (κ3) is 4.39. The number of amides is 1. The Hall–Kier alpha value is -2.89. The Morgan fingerprint density at radius 3 is 2.35 bits per heavy atom. The average molecular weight is 353 g/mol. The molecular formula is C20H23N3O3. The molecule has 3 rings (SSSR count). The van der Waals surface area contributed by atoms with Crippen molar-refractivity contribution >= 4 is 17.7 Å². The van der Waals surface area contributed by atoms with E-state index >= 15 is 0 Å². The van der Waals surface area contributed by atoms with Crippen LogP contribution in [0.2, 0.25) is 0 Å². The molecule has 6 heteroatoms. The Balaban J connectivity index is 1.55. The number of piperidine rings is 1. The number of carbonyl (C=O) groups excluding carboxylic acids is 1. The number of hydrogen-bond acceptors (Lipinski definition) is 4. The van der Waals surface area contributed by atoms with Crippen molar-refractivity contribution in [2.45, 2.75) is 26.3 Å². The second-order valence-corrected chi connectivity index (χ2v) is 6.76. The van der Waals surface area contributed by atoms with Crippen molar-refractivity contribution in [2.75, 3.05) is 18.4 Å². The van der Waals surface area contributed by atoms with E-state index in [2.05, 4.69) is 17.2 Å². The van der Waals surface area contributed by atoms with Crippen LogP contribution < -0.4 is 5.32 Å². The lowest BCUT2D eigenvalue weighted by Gasteiger charge is -2.30. The number of aromatic carboxylic acids is 1. The zero-order chi connectivity index (χ0) is 18.5. The van der Waals surface area contributed by atoms with Gasteiger partial charge in [0.05, 0.1) is 11.1 Å². The molecule has 2 N–H and O–H groups in total. The van der Waals surface area contributed by atoms with Gasteiger partial charge < -0.3 is 15.3 Å². The van der Waals surface area contributed by atoms with Gasteiger partial charge in [-0.05, 0) is 48.6 Å². The summed E-state index contributed by atoms with van der Waals surface area (Å²) in [5.41, 5.74) is 1.83. The number of benzene rings is 1. The maximum Gasteiger partial charge on any atom is 0.335 e. The van der Waals surface area contributed by atoms with Crippen molar-refractivity contribution in [3.63, 3.8) is 0 Å². The van der Waals surface area contributed by atoms with Crippen molar-refractivity contribution in [3.05, 3.63) is 59.3 Å². The maximum absolute atomic E-state index is 12.5. The molecule has 1 aromatic heterocycles. The first-order valence-electron chi connectivity index (χ1n) is 8.84. The normalized spacial score (nSPS) is 14.9. The largest absolute Gasteiger partial charge is 0.478 e. The molecule has 1 aliphatic heterocycles. The first kappa shape index (κ1) is 17.9. The van der Waals surface area contributed by atoms with Gasteiger partial charge in [-0.1, -0.05) is 19.1 Å². The summed E-state index contributed by atoms with van der Waals surface area (Å²) in [5.74, 6) is 0.472. The minimum absolute atomic E-state index is 0.0419. The Morgan fingerprint density at radius 1 is 1.12 bits per heavy atom. The van der Waals surface area contributed by atoms with Gasteiger partial charge in [0.1, 0.15) is 5.82 Å². The number of nitrogens with one attached hydrogen (secondary N) is 1. The first-order valence-corrected chi connectivity index (χ1v) is 8.84. The maximum atomic E-state index is 12.5. The lowest BCUT2D eigenvalue weighted by Crippen LogP contribution is -2.37. The zero-order valence-corrected chi connectivity index (χ0v) is 14.8. The highest BCUT2D eigenvalue weighted by molar-refractivity contribution is 5.94. The third-order valence-electron chi connectivity index (χ3n) is 4.76. The molecule has 0 bridgehead atoms. The SMILES string of the molecule is CC1CCN(C(=O)c2ccc(NCc3ccc(C(=O)O)cc3)nc2)CC1. The second kappa shape index (κ2) is 7.99. The highest BCUT2D eigenvalue weighted by Gasteiger charge is 2.21. The Bertz CT molecular complexity index is 764. The lowest BCUT2D eigenvalue weighted by molar-refractivity contribution is 0.0687. The standard InChI is InChI=1S/C20H23N3O3/c1-14-8-10-23(11-9-14)19(24)17-6-7-18(22-13-17)21-12-15-2-4-16(5-3-15)20(25)26/h2-7,13-14H,8-12H2,1H3,(H,21,22)(H,25,26). The van der Waals surface area contributed by atoms with Crippen molar-refractivity contribution in [3.8, 4) is 0 Å². The van der Waals surface area contributed by atoms with Crippen molar-refractivity contribution < 1.29 is 14.7 Å². The van der Waals surface area contributed by atoms with E-state index in [1.807, 2.05) is 4.90 Å². The number of rotatable bonds is 5. The summed E-state index contributed by atoms with van der Waals surface area (Å²) in [5, 5.41) is 12.1. The molecule has 2 heterocycles. The molecule has 0 spiro atoms. The predicted octanol–water partition coefficient (Wildman–Crippen LogP) is 3.26. The molecule has 0 aliphatic carbocycles. The van der Waals surface area contributed by atoms with Gasteiger partial charge >= 0.3 is 5.97 Å². The lowest BCUT2D eigenvalue weighted by atomic mass is 9.99. The summed E-state index contributed by atoms with van der Waals surface area (Å²) >= 11 is 0. The van der Waals surface area contributed by atoms with Gasteiger partial charge in [-0.3, -0.25) is 4.79 Å². The van der Waals surface area contributed by atoms with E-state index in [-0.39, 0.29) is 11.5 Å². The molecule has 136 valence electrons. The molecule has 1 aliphatic rings. The van der Waals surface area contributed by atoms with E-state index in [4.69, 9.17) is 5.11 Å². The minimum atomic E-state index is -0.936. The number of aromatic nitrogens is 1. The Labute approximate surface area is 152 Å². The number of anilines is 1. The van der Waals surface area contributed by atoms with Gasteiger partial charge in [0, 0.05) is 25.8 Å². The summed E-state index contributed by atoms with van der Waals surface area (Å²) < 4.78 is 0. The zero-order valence-electron chi connectivity index (χ0n) is 14.8. The topological polar surface area (TPSA) is 82.5 Å². The second-order valence-electron chi connectivity index (χ2n) is 6.76. The van der Waals surface area contributed by atoms with E-state index in [9.17, 15) is 9.59 Å². The van der Waals surface area contributed by atoms with Crippen LogP contribution in [0.3, 0.4) is 0 Å². The van der Waals surface area contributed by atoms with Crippen molar-refractivity contribution in [1.82, 2.24) is 9.88 Å². The van der Waals surface area contributed by atoms with Crippen LogP contribution in [-0.2, 0) is 6.54 Å². The van der Waals surface area contributed by atoms with Gasteiger partial charge in [0.15, 0.2) is 0 Å². The molecule has 0 saturated carbocycles. The van der Waals surface area contributed by atoms with E-state index < -0.39 is 5.97 Å². The fourth-order valence-corrected chi connectivity index (χ4v) is 2.98. The molecule has 26 heavy (non-hydrogen) atoms. The van der Waals surface area contributed by atoms with Gasteiger partial charge in [-0.2, -0.15) is 0 Å². The predicted molar refractivity (Wildman–Crippen MR) is 99.3 cm³/mol. The van der Waals surface area contributed by atoms with Crippen LogP contribution >= 0.6 is 0 Å². The monoisotopic (exact) mass is 353 g/mol. The van der Waals surface area contributed by atoms with Gasteiger partial charge in [0.2, 0.25) is 0 Å². The Kier molecular flexibility index (Phi) is 5.51. The summed E-state index contributed by atoms with van der Waals surface area (Å²) in [6.45, 7) is 4.38. The summed E-state index contributed by atoms with van der Waals surface area (Å²) in [6, 6.07) is 10.3. The number of nitrogens with zero attached hydrogens (tertiary/aromatic N) is 2. The van der Waals surface area contributed by atoms with Gasteiger partial charge in [-0.15, -0.1) is 0 Å². The van der Waals surface area contributed by atoms with Crippen LogP contribution in [0.5, 0.6) is 0 Å². The fourth-order valence-electron chi connectivity index (χ4n) is 2.98. The van der Waals surface area contributed by atoms with Crippen LogP contribution in [0.1, 0.15) is 46.0 Å². The van der Waals surface area contributed by atoms with Crippen LogP contribution in [0.25, 0.3) is 0 Å². The van der Waals surface area contributed by atoms with Gasteiger partial charge in [0.25, 0.3) is 5.91 Å². The molecule has 0 unspecified atom stereocenters. The third-order valence-corrected chi connectivity index (χ3v) is 4.76. The summed E-state index contributed by atoms with van der Waals surface area (Å²) in [6.07, 6.45) is 3.72. The number of likely N-dealkylation sites (tertiary alicyclic amines) is 1. The van der Waals surface area contributed by atoms with E-state index in [1.54, 1.807) is 42.6 Å². The number of carbonyl (C=O) groups is 2. The fraction of sp³-hybridized carbons (Fsp3) is 0.350. The number of pyridine rings is 1. The molecule has 6 nitrogen and oxygen atoms in total. The molecule has 1 aromatic carbocycles. The molecule has 1 amide bonds. The number of carboxylic acids is 1. The molecule has 0 radical (unpaired) electrons.